The molecule has 1 aromatic heterocycles. The van der Waals surface area contributed by atoms with E-state index in [9.17, 15) is 9.59 Å². The summed E-state index contributed by atoms with van der Waals surface area (Å²) in [6.45, 7) is 1.38. The molecule has 0 atom stereocenters. The van der Waals surface area contributed by atoms with Crippen molar-refractivity contribution in [3.05, 3.63) is 23.0 Å². The minimum Gasteiger partial charge on any atom is -0.364 e. The third-order valence-electron chi connectivity index (χ3n) is 3.60. The fourth-order valence-electron chi connectivity index (χ4n) is 2.34. The summed E-state index contributed by atoms with van der Waals surface area (Å²) in [6.07, 6.45) is 4.96. The van der Waals surface area contributed by atoms with Crippen LogP contribution >= 0.6 is 11.6 Å². The van der Waals surface area contributed by atoms with Crippen molar-refractivity contribution in [3.63, 3.8) is 0 Å². The van der Waals surface area contributed by atoms with Crippen LogP contribution in [0.15, 0.2) is 12.3 Å². The van der Waals surface area contributed by atoms with Crippen molar-refractivity contribution in [1.29, 1.82) is 0 Å². The highest BCUT2D eigenvalue weighted by Gasteiger charge is 2.19. The number of likely N-dealkylation sites (tertiary alicyclic amines) is 1. The van der Waals surface area contributed by atoms with Gasteiger partial charge in [-0.1, -0.05) is 24.4 Å². The summed E-state index contributed by atoms with van der Waals surface area (Å²) in [6, 6.07) is 1.42. The molecule has 0 unspecified atom stereocenters. The maximum atomic E-state index is 12.1. The molecule has 24 heavy (non-hydrogen) atoms. The molecular weight excluding hydrogens is 336 g/mol. The van der Waals surface area contributed by atoms with E-state index in [1.54, 1.807) is 4.90 Å². The molecule has 2 N–H and O–H groups in total. The van der Waals surface area contributed by atoms with Gasteiger partial charge in [-0.25, -0.2) is 15.3 Å². The summed E-state index contributed by atoms with van der Waals surface area (Å²) in [4.78, 5) is 34.8. The zero-order valence-corrected chi connectivity index (χ0v) is 14.3. The van der Waals surface area contributed by atoms with Crippen LogP contribution in [0.25, 0.3) is 0 Å². The van der Waals surface area contributed by atoms with E-state index in [0.29, 0.717) is 13.1 Å². The molecule has 1 aliphatic rings. The lowest BCUT2D eigenvalue weighted by atomic mass is 10.2. The Balaban J connectivity index is 2.01. The highest BCUT2D eigenvalue weighted by Crippen LogP contribution is 2.19. The van der Waals surface area contributed by atoms with Gasteiger partial charge >= 0.3 is 6.09 Å². The zero-order chi connectivity index (χ0) is 17.4. The van der Waals surface area contributed by atoms with Crippen molar-refractivity contribution in [2.24, 2.45) is 0 Å². The Kier molecular flexibility index (Phi) is 7.07. The van der Waals surface area contributed by atoms with E-state index in [2.05, 4.69) is 15.8 Å². The van der Waals surface area contributed by atoms with Crippen LogP contribution in [0.5, 0.6) is 0 Å². The molecule has 0 spiro atoms. The number of carbonyl (C=O) groups excluding carboxylic acids is 2. The standard InChI is InChI=1S/C15H21ClN4O4/c1-23-10-18-14(21)11-9-17-13(16)8-12(11)19-24-15(22)20-6-4-2-3-5-7-20/h8-9H,2-7,10H2,1H3,(H,17,19)(H,18,21). The number of methoxy groups -OCH3 is 1. The van der Waals surface area contributed by atoms with Crippen molar-refractivity contribution in [2.45, 2.75) is 25.7 Å². The van der Waals surface area contributed by atoms with E-state index < -0.39 is 12.0 Å². The second-order valence-electron chi connectivity index (χ2n) is 5.36. The lowest BCUT2D eigenvalue weighted by Crippen LogP contribution is -2.34. The van der Waals surface area contributed by atoms with E-state index in [4.69, 9.17) is 21.2 Å². The molecule has 8 nitrogen and oxygen atoms in total. The van der Waals surface area contributed by atoms with Crippen LogP contribution in [0.4, 0.5) is 10.5 Å². The molecule has 1 saturated heterocycles. The molecule has 0 aromatic carbocycles. The van der Waals surface area contributed by atoms with Gasteiger partial charge in [0.25, 0.3) is 5.91 Å². The van der Waals surface area contributed by atoms with Crippen LogP contribution in [0.1, 0.15) is 36.0 Å². The van der Waals surface area contributed by atoms with Gasteiger partial charge in [-0.15, -0.1) is 0 Å². The summed E-state index contributed by atoms with van der Waals surface area (Å²) in [5, 5.41) is 2.71. The number of pyridine rings is 1. The third-order valence-corrected chi connectivity index (χ3v) is 3.81. The van der Waals surface area contributed by atoms with Crippen molar-refractivity contribution < 1.29 is 19.2 Å². The van der Waals surface area contributed by atoms with E-state index >= 15 is 0 Å². The lowest BCUT2D eigenvalue weighted by Gasteiger charge is -2.20. The number of nitrogens with zero attached hydrogens (tertiary/aromatic N) is 2. The van der Waals surface area contributed by atoms with E-state index in [-0.39, 0.29) is 23.1 Å². The molecule has 1 aromatic rings. The number of hydrogen-bond acceptors (Lipinski definition) is 6. The average Bonchev–Trinajstić information content (AvgIpc) is 2.87. The highest BCUT2D eigenvalue weighted by molar-refractivity contribution is 6.29. The van der Waals surface area contributed by atoms with Gasteiger partial charge in [0.15, 0.2) is 0 Å². The summed E-state index contributed by atoms with van der Waals surface area (Å²) in [5.41, 5.74) is 2.96. The molecule has 2 heterocycles. The first-order valence-corrected chi connectivity index (χ1v) is 8.14. The minimum atomic E-state index is -0.479. The maximum Gasteiger partial charge on any atom is 0.434 e. The van der Waals surface area contributed by atoms with Crippen LogP contribution in [0, 0.1) is 0 Å². The lowest BCUT2D eigenvalue weighted by molar-refractivity contribution is 0.0870. The van der Waals surface area contributed by atoms with Crippen molar-refractivity contribution in [3.8, 4) is 0 Å². The Morgan fingerprint density at radius 3 is 2.67 bits per heavy atom. The number of aromatic nitrogens is 1. The molecule has 0 saturated carbocycles. The Hall–Kier alpha value is -2.06. The number of rotatable bonds is 5. The van der Waals surface area contributed by atoms with E-state index in [0.717, 1.165) is 25.7 Å². The monoisotopic (exact) mass is 356 g/mol. The predicted octanol–water partition coefficient (Wildman–Crippen LogP) is 2.41. The summed E-state index contributed by atoms with van der Waals surface area (Å²) < 4.78 is 4.80. The Labute approximate surface area is 145 Å². The van der Waals surface area contributed by atoms with Gasteiger partial charge in [-0.2, -0.15) is 0 Å². The quantitative estimate of drug-likeness (QED) is 0.478. The predicted molar refractivity (Wildman–Crippen MR) is 88.7 cm³/mol. The molecule has 0 aliphatic carbocycles. The number of ether oxygens (including phenoxy) is 1. The second kappa shape index (κ2) is 9.29. The topological polar surface area (TPSA) is 92.8 Å². The van der Waals surface area contributed by atoms with Gasteiger partial charge in [0, 0.05) is 32.5 Å². The molecule has 1 fully saturated rings. The molecule has 0 radical (unpaired) electrons. The normalized spacial score (nSPS) is 14.7. The third kappa shape index (κ3) is 5.24. The second-order valence-corrected chi connectivity index (χ2v) is 5.75. The van der Waals surface area contributed by atoms with Crippen molar-refractivity contribution in [1.82, 2.24) is 15.2 Å². The molecular formula is C15H21ClN4O4. The van der Waals surface area contributed by atoms with Gasteiger partial charge in [-0.05, 0) is 12.8 Å². The van der Waals surface area contributed by atoms with Gasteiger partial charge in [0.1, 0.15) is 11.9 Å². The van der Waals surface area contributed by atoms with Gasteiger partial charge in [0.05, 0.1) is 11.3 Å². The summed E-state index contributed by atoms with van der Waals surface area (Å²) in [7, 11) is 1.46. The van der Waals surface area contributed by atoms with Gasteiger partial charge in [0.2, 0.25) is 0 Å². The molecule has 132 valence electrons. The minimum absolute atomic E-state index is 0.0501. The molecule has 2 amide bonds. The van der Waals surface area contributed by atoms with Crippen LogP contribution in [-0.4, -0.2) is 48.8 Å². The Morgan fingerprint density at radius 2 is 2.00 bits per heavy atom. The van der Waals surface area contributed by atoms with Crippen LogP contribution < -0.4 is 10.8 Å². The SMILES string of the molecule is COCNC(=O)c1cnc(Cl)cc1NOC(=O)N1CCCCCC1. The Bertz CT molecular complexity index is 577. The fourth-order valence-corrected chi connectivity index (χ4v) is 2.50. The zero-order valence-electron chi connectivity index (χ0n) is 13.5. The smallest absolute Gasteiger partial charge is 0.364 e. The molecule has 1 aliphatic heterocycles. The van der Waals surface area contributed by atoms with E-state index in [1.807, 2.05) is 0 Å². The fraction of sp³-hybridized carbons (Fsp3) is 0.533. The average molecular weight is 357 g/mol. The van der Waals surface area contributed by atoms with E-state index in [1.165, 1.54) is 19.4 Å². The van der Waals surface area contributed by atoms with Gasteiger partial charge < -0.3 is 19.8 Å². The van der Waals surface area contributed by atoms with Crippen molar-refractivity contribution in [2.75, 3.05) is 32.4 Å². The summed E-state index contributed by atoms with van der Waals surface area (Å²) in [5.74, 6) is -0.422. The highest BCUT2D eigenvalue weighted by atomic mass is 35.5. The first-order chi connectivity index (χ1) is 11.6. The van der Waals surface area contributed by atoms with Crippen LogP contribution in [0.2, 0.25) is 5.15 Å². The number of halogens is 1. The number of anilines is 1. The Morgan fingerprint density at radius 1 is 1.29 bits per heavy atom. The molecule has 9 heteroatoms. The van der Waals surface area contributed by atoms with Crippen LogP contribution in [0.3, 0.4) is 0 Å². The number of hydrogen-bond donors (Lipinski definition) is 2. The van der Waals surface area contributed by atoms with Gasteiger partial charge in [-0.3, -0.25) is 4.79 Å². The number of nitrogens with one attached hydrogen (secondary N) is 2. The number of carbonyl (C=O) groups is 2. The number of amides is 2. The maximum absolute atomic E-state index is 12.1. The molecule has 2 rings (SSSR count). The largest absolute Gasteiger partial charge is 0.434 e. The first kappa shape index (κ1) is 18.3. The summed E-state index contributed by atoms with van der Waals surface area (Å²) >= 11 is 5.85. The van der Waals surface area contributed by atoms with Crippen LogP contribution in [-0.2, 0) is 9.57 Å². The first-order valence-electron chi connectivity index (χ1n) is 7.76. The molecule has 0 bridgehead atoms. The van der Waals surface area contributed by atoms with Crippen molar-refractivity contribution >= 4 is 29.3 Å².